The zero-order valence-corrected chi connectivity index (χ0v) is 7.47. The summed E-state index contributed by atoms with van der Waals surface area (Å²) in [6.07, 6.45) is 7.58. The summed E-state index contributed by atoms with van der Waals surface area (Å²) in [5, 5.41) is 3.33. The van der Waals surface area contributed by atoms with Crippen LogP contribution in [0.1, 0.15) is 32.1 Å². The number of nitrogens with one attached hydrogen (secondary N) is 1. The van der Waals surface area contributed by atoms with Crippen molar-refractivity contribution in [1.82, 2.24) is 5.32 Å². The zero-order chi connectivity index (χ0) is 7.68. The SMILES string of the molecule is CNCC1C2CCCCC1C2. The molecule has 1 N–H and O–H groups in total. The fourth-order valence-corrected chi connectivity index (χ4v) is 2.97. The molecule has 2 bridgehead atoms. The van der Waals surface area contributed by atoms with E-state index in [0.717, 1.165) is 17.8 Å². The molecular formula is C10H19N. The first kappa shape index (κ1) is 7.60. The molecule has 0 heterocycles. The Kier molecular flexibility index (Phi) is 2.17. The van der Waals surface area contributed by atoms with E-state index in [4.69, 9.17) is 0 Å². The van der Waals surface area contributed by atoms with Crippen LogP contribution in [0.3, 0.4) is 0 Å². The Morgan fingerprint density at radius 2 is 1.82 bits per heavy atom. The van der Waals surface area contributed by atoms with Gasteiger partial charge in [0.25, 0.3) is 0 Å². The predicted octanol–water partition coefficient (Wildman–Crippen LogP) is 2.03. The lowest BCUT2D eigenvalue weighted by Crippen LogP contribution is -2.41. The number of rotatable bonds is 2. The molecule has 1 nitrogen and oxygen atoms in total. The van der Waals surface area contributed by atoms with Gasteiger partial charge in [0.15, 0.2) is 0 Å². The molecule has 2 unspecified atom stereocenters. The van der Waals surface area contributed by atoms with Crippen molar-refractivity contribution in [2.24, 2.45) is 17.8 Å². The third-order valence-corrected chi connectivity index (χ3v) is 3.66. The molecule has 1 heteroatoms. The van der Waals surface area contributed by atoms with Gasteiger partial charge in [0, 0.05) is 0 Å². The quantitative estimate of drug-likeness (QED) is 0.640. The van der Waals surface area contributed by atoms with Crippen LogP contribution in [0.5, 0.6) is 0 Å². The third-order valence-electron chi connectivity index (χ3n) is 3.66. The van der Waals surface area contributed by atoms with Gasteiger partial charge in [0.1, 0.15) is 0 Å². The standard InChI is InChI=1S/C10H19N/c1-11-7-10-8-4-2-3-5-9(10)6-8/h8-11H,2-7H2,1H3. The predicted molar refractivity (Wildman–Crippen MR) is 47.5 cm³/mol. The fraction of sp³-hybridized carbons (Fsp3) is 1.00. The van der Waals surface area contributed by atoms with Crippen LogP contribution in [0.4, 0.5) is 0 Å². The van der Waals surface area contributed by atoms with Gasteiger partial charge in [-0.25, -0.2) is 0 Å². The highest BCUT2D eigenvalue weighted by atomic mass is 14.8. The highest BCUT2D eigenvalue weighted by Gasteiger charge is 2.40. The summed E-state index contributed by atoms with van der Waals surface area (Å²) in [6.45, 7) is 1.27. The molecule has 0 radical (unpaired) electrons. The minimum absolute atomic E-state index is 1.04. The second-order valence-corrected chi connectivity index (χ2v) is 4.26. The maximum absolute atomic E-state index is 3.33. The minimum Gasteiger partial charge on any atom is -0.319 e. The Balaban J connectivity index is 1.90. The Labute approximate surface area is 69.6 Å². The smallest absolute Gasteiger partial charge is 0.00182 e. The Morgan fingerprint density at radius 3 is 2.36 bits per heavy atom. The molecule has 64 valence electrons. The van der Waals surface area contributed by atoms with Crippen LogP contribution < -0.4 is 5.32 Å². The first-order chi connectivity index (χ1) is 5.42. The Bertz CT molecular complexity index is 117. The van der Waals surface area contributed by atoms with Crippen molar-refractivity contribution in [2.45, 2.75) is 32.1 Å². The molecule has 0 aromatic carbocycles. The summed E-state index contributed by atoms with van der Waals surface area (Å²) in [7, 11) is 2.09. The van der Waals surface area contributed by atoms with E-state index >= 15 is 0 Å². The van der Waals surface area contributed by atoms with E-state index in [1.54, 1.807) is 6.42 Å². The summed E-state index contributed by atoms with van der Waals surface area (Å²) in [5.41, 5.74) is 0. The maximum atomic E-state index is 3.33. The number of fused-ring (bicyclic) bond motifs is 3. The summed E-state index contributed by atoms with van der Waals surface area (Å²) in [6, 6.07) is 0. The van der Waals surface area contributed by atoms with Crippen molar-refractivity contribution in [3.63, 3.8) is 0 Å². The highest BCUT2D eigenvalue weighted by Crippen LogP contribution is 2.48. The van der Waals surface area contributed by atoms with Crippen LogP contribution in [0, 0.1) is 17.8 Å². The molecule has 3 aliphatic carbocycles. The van der Waals surface area contributed by atoms with Gasteiger partial charge in [0.2, 0.25) is 0 Å². The fourth-order valence-electron chi connectivity index (χ4n) is 2.97. The van der Waals surface area contributed by atoms with E-state index in [2.05, 4.69) is 12.4 Å². The maximum Gasteiger partial charge on any atom is -0.00182 e. The largest absolute Gasteiger partial charge is 0.319 e. The molecule has 2 atom stereocenters. The molecule has 3 saturated carbocycles. The average Bonchev–Trinajstić information content (AvgIpc) is 2.32. The summed E-state index contributed by atoms with van der Waals surface area (Å²) >= 11 is 0. The van der Waals surface area contributed by atoms with Crippen molar-refractivity contribution < 1.29 is 0 Å². The van der Waals surface area contributed by atoms with Gasteiger partial charge in [-0.1, -0.05) is 25.7 Å². The lowest BCUT2D eigenvalue weighted by atomic mass is 9.64. The van der Waals surface area contributed by atoms with Crippen molar-refractivity contribution in [1.29, 1.82) is 0 Å². The van der Waals surface area contributed by atoms with Gasteiger partial charge in [-0.15, -0.1) is 0 Å². The molecule has 3 rings (SSSR count). The van der Waals surface area contributed by atoms with Crippen molar-refractivity contribution in [2.75, 3.05) is 13.6 Å². The molecule has 0 spiro atoms. The monoisotopic (exact) mass is 153 g/mol. The molecule has 3 fully saturated rings. The molecule has 0 aromatic rings. The van der Waals surface area contributed by atoms with Crippen LogP contribution in [0.25, 0.3) is 0 Å². The van der Waals surface area contributed by atoms with Crippen LogP contribution in [0.2, 0.25) is 0 Å². The topological polar surface area (TPSA) is 12.0 Å². The number of hydrogen-bond acceptors (Lipinski definition) is 1. The molecule has 0 amide bonds. The third kappa shape index (κ3) is 1.31. The van der Waals surface area contributed by atoms with Gasteiger partial charge in [-0.3, -0.25) is 0 Å². The molecule has 0 saturated heterocycles. The van der Waals surface area contributed by atoms with Crippen molar-refractivity contribution in [3.05, 3.63) is 0 Å². The average molecular weight is 153 g/mol. The van der Waals surface area contributed by atoms with Crippen LogP contribution >= 0.6 is 0 Å². The van der Waals surface area contributed by atoms with E-state index in [0.29, 0.717) is 0 Å². The van der Waals surface area contributed by atoms with Crippen molar-refractivity contribution in [3.8, 4) is 0 Å². The molecule has 11 heavy (non-hydrogen) atoms. The molecule has 0 aliphatic heterocycles. The van der Waals surface area contributed by atoms with Crippen LogP contribution in [0.15, 0.2) is 0 Å². The normalized spacial score (nSPS) is 42.8. The lowest BCUT2D eigenvalue weighted by Gasteiger charge is -2.43. The summed E-state index contributed by atoms with van der Waals surface area (Å²) in [4.78, 5) is 0. The zero-order valence-electron chi connectivity index (χ0n) is 7.47. The second-order valence-electron chi connectivity index (χ2n) is 4.26. The molecular weight excluding hydrogens is 134 g/mol. The van der Waals surface area contributed by atoms with E-state index in [1.807, 2.05) is 0 Å². The van der Waals surface area contributed by atoms with E-state index < -0.39 is 0 Å². The summed E-state index contributed by atoms with van der Waals surface area (Å²) < 4.78 is 0. The second kappa shape index (κ2) is 3.14. The van der Waals surface area contributed by atoms with Gasteiger partial charge in [-0.2, -0.15) is 0 Å². The van der Waals surface area contributed by atoms with E-state index in [-0.39, 0.29) is 0 Å². The van der Waals surface area contributed by atoms with Gasteiger partial charge < -0.3 is 5.32 Å². The van der Waals surface area contributed by atoms with Crippen LogP contribution in [-0.2, 0) is 0 Å². The highest BCUT2D eigenvalue weighted by molar-refractivity contribution is 4.92. The van der Waals surface area contributed by atoms with Crippen molar-refractivity contribution >= 4 is 0 Å². The molecule has 3 aliphatic rings. The first-order valence-electron chi connectivity index (χ1n) is 5.06. The van der Waals surface area contributed by atoms with Gasteiger partial charge >= 0.3 is 0 Å². The summed E-state index contributed by atoms with van der Waals surface area (Å²) in [5.74, 6) is 3.23. The molecule has 0 aromatic heterocycles. The Hall–Kier alpha value is -0.0400. The van der Waals surface area contributed by atoms with Gasteiger partial charge in [-0.05, 0) is 37.8 Å². The van der Waals surface area contributed by atoms with E-state index in [9.17, 15) is 0 Å². The Morgan fingerprint density at radius 1 is 1.18 bits per heavy atom. The minimum atomic E-state index is 1.04. The lowest BCUT2D eigenvalue weighted by molar-refractivity contribution is 0.0777. The first-order valence-corrected chi connectivity index (χ1v) is 5.06. The van der Waals surface area contributed by atoms with Gasteiger partial charge in [0.05, 0.1) is 0 Å². The van der Waals surface area contributed by atoms with E-state index in [1.165, 1.54) is 32.2 Å². The van der Waals surface area contributed by atoms with Crippen LogP contribution in [-0.4, -0.2) is 13.6 Å². The number of hydrogen-bond donors (Lipinski definition) is 1.